The molecule has 0 atom stereocenters. The van der Waals surface area contributed by atoms with Crippen molar-refractivity contribution >= 4 is 10.2 Å². The van der Waals surface area contributed by atoms with Gasteiger partial charge < -0.3 is 4.90 Å². The minimum Gasteiger partial charge on any atom is -0.301 e. The third-order valence-corrected chi connectivity index (χ3v) is 5.22. The molecule has 7 heteroatoms. The zero-order valence-electron chi connectivity index (χ0n) is 12.0. The van der Waals surface area contributed by atoms with Crippen LogP contribution in [0.4, 0.5) is 19.4 Å². The van der Waals surface area contributed by atoms with E-state index in [9.17, 15) is 19.4 Å². The second kappa shape index (κ2) is 4.59. The van der Waals surface area contributed by atoms with Gasteiger partial charge in [-0.25, -0.2) is 0 Å². The summed E-state index contributed by atoms with van der Waals surface area (Å²) in [6.07, 6.45) is 1.68. The van der Waals surface area contributed by atoms with Gasteiger partial charge in [-0.1, -0.05) is 31.6 Å². The molecule has 0 spiro atoms. The van der Waals surface area contributed by atoms with Crippen LogP contribution in [0.3, 0.4) is 0 Å². The molecular formula is C14H20F5NS. The lowest BCUT2D eigenvalue weighted by Gasteiger charge is -2.40. The number of rotatable bonds is 3. The zero-order chi connectivity index (χ0) is 16.0. The Morgan fingerprint density at radius 2 is 1.43 bits per heavy atom. The minimum atomic E-state index is -9.54. The summed E-state index contributed by atoms with van der Waals surface area (Å²) >= 11 is 0. The molecule has 1 nitrogen and oxygen atoms in total. The van der Waals surface area contributed by atoms with Crippen molar-refractivity contribution in [3.05, 3.63) is 29.8 Å². The van der Waals surface area contributed by atoms with Gasteiger partial charge in [-0.3, -0.25) is 0 Å². The van der Waals surface area contributed by atoms with Gasteiger partial charge in [0.15, 0.2) is 0 Å². The van der Waals surface area contributed by atoms with Gasteiger partial charge in [0.2, 0.25) is 0 Å². The minimum absolute atomic E-state index is 0.146. The molecule has 1 aromatic carbocycles. The van der Waals surface area contributed by atoms with E-state index in [1.54, 1.807) is 0 Å². The maximum absolute atomic E-state index is 12.7. The van der Waals surface area contributed by atoms with E-state index in [0.717, 1.165) is 25.9 Å². The predicted molar refractivity (Wildman–Crippen MR) is 76.5 cm³/mol. The van der Waals surface area contributed by atoms with Crippen molar-refractivity contribution < 1.29 is 19.4 Å². The van der Waals surface area contributed by atoms with Crippen molar-refractivity contribution in [2.24, 2.45) is 0 Å². The second-order valence-corrected chi connectivity index (χ2v) is 8.35. The highest BCUT2D eigenvalue weighted by Gasteiger charge is 2.65. The Kier molecular flexibility index (Phi) is 3.61. The monoisotopic (exact) mass is 329 g/mol. The molecule has 0 amide bonds. The van der Waals surface area contributed by atoms with Gasteiger partial charge in [-0.05, 0) is 63.4 Å². The van der Waals surface area contributed by atoms with Crippen molar-refractivity contribution in [2.45, 2.75) is 43.5 Å². The molecule has 0 radical (unpaired) electrons. The van der Waals surface area contributed by atoms with Crippen LogP contribution in [0.15, 0.2) is 29.2 Å². The molecule has 122 valence electrons. The van der Waals surface area contributed by atoms with Gasteiger partial charge in [-0.2, -0.15) is 0 Å². The van der Waals surface area contributed by atoms with Crippen molar-refractivity contribution in [3.63, 3.8) is 0 Å². The number of hydrogen-bond donors (Lipinski definition) is 0. The molecule has 0 N–H and O–H groups in total. The number of hydrogen-bond acceptors (Lipinski definition) is 1. The Balaban J connectivity index is 2.12. The van der Waals surface area contributed by atoms with E-state index in [4.69, 9.17) is 0 Å². The van der Waals surface area contributed by atoms with Crippen LogP contribution in [0.5, 0.6) is 0 Å². The van der Waals surface area contributed by atoms with Crippen LogP contribution in [0.25, 0.3) is 0 Å². The molecule has 1 saturated heterocycles. The zero-order valence-corrected chi connectivity index (χ0v) is 12.9. The van der Waals surface area contributed by atoms with Crippen LogP contribution in [0.2, 0.25) is 0 Å². The molecular weight excluding hydrogens is 309 g/mol. The summed E-state index contributed by atoms with van der Waals surface area (Å²) in [5.41, 5.74) is 0.712. The van der Waals surface area contributed by atoms with Crippen LogP contribution in [0, 0.1) is 0 Å². The molecule has 1 aromatic rings. The summed E-state index contributed by atoms with van der Waals surface area (Å²) in [4.78, 5) is 0.498. The van der Waals surface area contributed by atoms with Crippen molar-refractivity contribution in [2.75, 3.05) is 13.1 Å². The summed E-state index contributed by atoms with van der Waals surface area (Å²) in [5, 5.41) is 0. The lowest BCUT2D eigenvalue weighted by atomic mass is 9.89. The van der Waals surface area contributed by atoms with E-state index in [2.05, 4.69) is 18.7 Å². The first-order chi connectivity index (χ1) is 9.36. The van der Waals surface area contributed by atoms with Crippen LogP contribution < -0.4 is 0 Å². The first-order valence-corrected chi connectivity index (χ1v) is 8.90. The standard InChI is InChI=1S/C14H20F5NS/c1-11(2)20-9-7-13(8-10-20)12-3-5-14(6-4-12)21(15,16,17,18)19/h3-6,11,13H,7-10H2,1-2H3. The Morgan fingerprint density at radius 1 is 0.952 bits per heavy atom. The van der Waals surface area contributed by atoms with E-state index in [0.29, 0.717) is 23.7 Å². The molecule has 0 bridgehead atoms. The molecule has 1 fully saturated rings. The summed E-state index contributed by atoms with van der Waals surface area (Å²) in [5.74, 6) is 0.146. The molecule has 0 aromatic heterocycles. The van der Waals surface area contributed by atoms with Crippen LogP contribution in [-0.4, -0.2) is 24.0 Å². The summed E-state index contributed by atoms with van der Waals surface area (Å²) in [6.45, 7) is 5.96. The maximum atomic E-state index is 12.7. The molecule has 21 heavy (non-hydrogen) atoms. The second-order valence-electron chi connectivity index (χ2n) is 5.94. The van der Waals surface area contributed by atoms with E-state index in [1.165, 1.54) is 12.1 Å². The number of halogens is 5. The fraction of sp³-hybridized carbons (Fsp3) is 0.571. The fourth-order valence-corrected chi connectivity index (χ4v) is 3.40. The highest BCUT2D eigenvalue weighted by Crippen LogP contribution is 3.02. The van der Waals surface area contributed by atoms with Gasteiger partial charge in [0, 0.05) is 6.04 Å². The number of piperidine rings is 1. The van der Waals surface area contributed by atoms with Gasteiger partial charge in [0.05, 0.1) is 0 Å². The molecule has 1 heterocycles. The van der Waals surface area contributed by atoms with Gasteiger partial charge >= 0.3 is 10.2 Å². The Hall–Kier alpha value is -0.820. The van der Waals surface area contributed by atoms with E-state index >= 15 is 0 Å². The molecule has 2 rings (SSSR count). The molecule has 1 aliphatic heterocycles. The SMILES string of the molecule is CC(C)N1CCC(c2ccc(S(F)(F)(F)(F)F)cc2)CC1. The lowest BCUT2D eigenvalue weighted by molar-refractivity contribution is 0.172. The number of likely N-dealkylation sites (tertiary alicyclic amines) is 1. The number of benzene rings is 1. The fourth-order valence-electron chi connectivity index (χ4n) is 2.75. The first kappa shape index (κ1) is 16.5. The summed E-state index contributed by atoms with van der Waals surface area (Å²) in [6, 6.07) is 3.88. The largest absolute Gasteiger partial charge is 0.310 e. The van der Waals surface area contributed by atoms with E-state index in [-0.39, 0.29) is 5.92 Å². The topological polar surface area (TPSA) is 3.24 Å². The molecule has 0 aliphatic carbocycles. The molecule has 1 aliphatic rings. The van der Waals surface area contributed by atoms with Crippen LogP contribution in [0.1, 0.15) is 38.2 Å². The van der Waals surface area contributed by atoms with Gasteiger partial charge in [0.1, 0.15) is 4.90 Å². The van der Waals surface area contributed by atoms with E-state index < -0.39 is 15.1 Å². The predicted octanol–water partition coefficient (Wildman–Crippen LogP) is 5.93. The Morgan fingerprint density at radius 3 is 1.81 bits per heavy atom. The van der Waals surface area contributed by atoms with Gasteiger partial charge in [-0.15, -0.1) is 0 Å². The van der Waals surface area contributed by atoms with E-state index in [1.807, 2.05) is 0 Å². The molecule has 0 saturated carbocycles. The summed E-state index contributed by atoms with van der Waals surface area (Å²) in [7, 11) is -9.54. The van der Waals surface area contributed by atoms with Crippen molar-refractivity contribution in [1.29, 1.82) is 0 Å². The Bertz CT molecular complexity index is 500. The lowest BCUT2D eigenvalue weighted by Crippen LogP contribution is -2.37. The average Bonchev–Trinajstić information content (AvgIpc) is 2.36. The third kappa shape index (κ3) is 4.10. The highest BCUT2D eigenvalue weighted by molar-refractivity contribution is 8.45. The smallest absolute Gasteiger partial charge is 0.301 e. The Labute approximate surface area is 121 Å². The number of nitrogens with zero attached hydrogens (tertiary/aromatic N) is 1. The third-order valence-electron chi connectivity index (χ3n) is 4.06. The average molecular weight is 329 g/mol. The normalized spacial score (nSPS) is 22.1. The molecule has 0 unspecified atom stereocenters. The maximum Gasteiger partial charge on any atom is 0.310 e. The van der Waals surface area contributed by atoms with Gasteiger partial charge in [0.25, 0.3) is 0 Å². The first-order valence-electron chi connectivity index (χ1n) is 6.95. The van der Waals surface area contributed by atoms with Crippen molar-refractivity contribution in [3.8, 4) is 0 Å². The van der Waals surface area contributed by atoms with Crippen LogP contribution in [-0.2, 0) is 0 Å². The summed E-state index contributed by atoms with van der Waals surface area (Å²) < 4.78 is 63.3. The highest BCUT2D eigenvalue weighted by atomic mass is 32.5. The van der Waals surface area contributed by atoms with Crippen molar-refractivity contribution in [1.82, 2.24) is 4.90 Å². The quantitative estimate of drug-likeness (QED) is 0.621. The van der Waals surface area contributed by atoms with Crippen LogP contribution >= 0.6 is 10.2 Å².